The van der Waals surface area contributed by atoms with Crippen LogP contribution in [0.2, 0.25) is 0 Å². The van der Waals surface area contributed by atoms with E-state index in [1.54, 1.807) is 10.8 Å². The molecule has 1 aromatic rings. The van der Waals surface area contributed by atoms with Crippen LogP contribution < -0.4 is 0 Å². The van der Waals surface area contributed by atoms with E-state index in [2.05, 4.69) is 11.7 Å². The van der Waals surface area contributed by atoms with Crippen molar-refractivity contribution in [3.8, 4) is 0 Å². The molecule has 3 nitrogen and oxygen atoms in total. The minimum Gasteiger partial charge on any atom is -0.296 e. The highest BCUT2D eigenvalue weighted by molar-refractivity contribution is 5.73. The number of hydrogen-bond acceptors (Lipinski definition) is 2. The Balaban J connectivity index is 3.03. The summed E-state index contributed by atoms with van der Waals surface area (Å²) in [4.78, 5) is 10.4. The van der Waals surface area contributed by atoms with Gasteiger partial charge in [-0.1, -0.05) is 6.08 Å². The maximum absolute atomic E-state index is 10.4. The highest BCUT2D eigenvalue weighted by Crippen LogP contribution is 2.09. The molecule has 0 radical (unpaired) electrons. The number of aromatic nitrogens is 2. The molecule has 0 saturated heterocycles. The lowest BCUT2D eigenvalue weighted by Gasteiger charge is -2.04. The number of hydrogen-bond donors (Lipinski definition) is 0. The van der Waals surface area contributed by atoms with Crippen molar-refractivity contribution in [2.24, 2.45) is 0 Å². The Hall–Kier alpha value is -1.38. The molecule has 1 aromatic heterocycles. The molecule has 1 atom stereocenters. The predicted molar refractivity (Wildman–Crippen MR) is 47.3 cm³/mol. The van der Waals surface area contributed by atoms with Gasteiger partial charge < -0.3 is 0 Å². The fourth-order valence-corrected chi connectivity index (χ4v) is 0.930. The summed E-state index contributed by atoms with van der Waals surface area (Å²) in [5.74, 6) is 0. The van der Waals surface area contributed by atoms with Crippen LogP contribution in [-0.4, -0.2) is 16.1 Å². The van der Waals surface area contributed by atoms with E-state index in [-0.39, 0.29) is 6.04 Å². The van der Waals surface area contributed by atoms with Gasteiger partial charge in [-0.15, -0.1) is 6.58 Å². The summed E-state index contributed by atoms with van der Waals surface area (Å²) < 4.78 is 1.73. The van der Waals surface area contributed by atoms with Crippen molar-refractivity contribution in [3.63, 3.8) is 0 Å². The Morgan fingerprint density at radius 2 is 2.42 bits per heavy atom. The molecule has 0 N–H and O–H groups in total. The average Bonchev–Trinajstić information content (AvgIpc) is 2.45. The van der Waals surface area contributed by atoms with Gasteiger partial charge in [-0.2, -0.15) is 5.10 Å². The smallest absolute Gasteiger partial charge is 0.170 e. The van der Waals surface area contributed by atoms with Gasteiger partial charge in [0.15, 0.2) is 6.29 Å². The van der Waals surface area contributed by atoms with Gasteiger partial charge in [0.05, 0.1) is 6.04 Å². The number of nitrogens with zero attached hydrogens (tertiary/aromatic N) is 2. The molecule has 0 bridgehead atoms. The molecule has 0 aliphatic heterocycles. The first kappa shape index (κ1) is 8.71. The summed E-state index contributed by atoms with van der Waals surface area (Å²) >= 11 is 0. The van der Waals surface area contributed by atoms with Crippen molar-refractivity contribution in [3.05, 3.63) is 30.1 Å². The summed E-state index contributed by atoms with van der Waals surface area (Å²) in [5, 5.41) is 4.08. The average molecular weight is 164 g/mol. The largest absolute Gasteiger partial charge is 0.296 e. The van der Waals surface area contributed by atoms with Crippen LogP contribution in [0, 0.1) is 6.92 Å². The topological polar surface area (TPSA) is 34.9 Å². The second kappa shape index (κ2) is 3.34. The van der Waals surface area contributed by atoms with Gasteiger partial charge in [-0.25, -0.2) is 0 Å². The molecule has 12 heavy (non-hydrogen) atoms. The van der Waals surface area contributed by atoms with E-state index in [9.17, 15) is 4.79 Å². The Kier molecular flexibility index (Phi) is 2.43. The number of aryl methyl sites for hydroxylation is 1. The van der Waals surface area contributed by atoms with Crippen LogP contribution in [0.4, 0.5) is 0 Å². The summed E-state index contributed by atoms with van der Waals surface area (Å²) in [5.41, 5.74) is 1.41. The number of carbonyl (C=O) groups excluding carboxylic acids is 1. The monoisotopic (exact) mass is 164 g/mol. The highest BCUT2D eigenvalue weighted by Gasteiger charge is 2.05. The second-order valence-electron chi connectivity index (χ2n) is 2.77. The molecule has 1 heterocycles. The summed E-state index contributed by atoms with van der Waals surface area (Å²) in [6.07, 6.45) is 4.39. The van der Waals surface area contributed by atoms with Crippen molar-refractivity contribution >= 4 is 6.29 Å². The normalized spacial score (nSPS) is 12.5. The molecule has 0 aromatic carbocycles. The van der Waals surface area contributed by atoms with Gasteiger partial charge in [-0.05, 0) is 19.4 Å². The number of carbonyl (C=O) groups is 1. The third kappa shape index (κ3) is 1.44. The van der Waals surface area contributed by atoms with E-state index < -0.39 is 0 Å². The Labute approximate surface area is 71.7 Å². The molecule has 1 unspecified atom stereocenters. The zero-order valence-corrected chi connectivity index (χ0v) is 7.32. The van der Waals surface area contributed by atoms with E-state index in [4.69, 9.17) is 0 Å². The van der Waals surface area contributed by atoms with E-state index >= 15 is 0 Å². The van der Waals surface area contributed by atoms with Crippen molar-refractivity contribution < 1.29 is 4.79 Å². The quantitative estimate of drug-likeness (QED) is 0.504. The van der Waals surface area contributed by atoms with Crippen LogP contribution in [0.25, 0.3) is 0 Å². The third-order valence-corrected chi connectivity index (χ3v) is 1.82. The van der Waals surface area contributed by atoms with Gasteiger partial charge in [-0.3, -0.25) is 9.48 Å². The van der Waals surface area contributed by atoms with Crippen LogP contribution in [-0.2, 0) is 0 Å². The molecule has 0 spiro atoms. The zero-order chi connectivity index (χ0) is 9.14. The minimum absolute atomic E-state index is 0.136. The van der Waals surface area contributed by atoms with Crippen LogP contribution in [0.1, 0.15) is 29.0 Å². The number of rotatable bonds is 3. The zero-order valence-electron chi connectivity index (χ0n) is 7.32. The highest BCUT2D eigenvalue weighted by atomic mass is 16.1. The fourth-order valence-electron chi connectivity index (χ4n) is 0.930. The Bertz CT molecular complexity index is 301. The Morgan fingerprint density at radius 1 is 1.75 bits per heavy atom. The first-order valence-corrected chi connectivity index (χ1v) is 3.82. The lowest BCUT2D eigenvalue weighted by atomic mass is 10.3. The summed E-state index contributed by atoms with van der Waals surface area (Å²) in [6, 6.07) is 0.136. The lowest BCUT2D eigenvalue weighted by Crippen LogP contribution is -2.02. The molecule has 0 aliphatic rings. The van der Waals surface area contributed by atoms with E-state index in [1.807, 2.05) is 20.0 Å². The predicted octanol–water partition coefficient (Wildman–Crippen LogP) is 1.75. The maximum Gasteiger partial charge on any atom is 0.170 e. The molecule has 0 amide bonds. The lowest BCUT2D eigenvalue weighted by molar-refractivity contribution is 0.111. The molecule has 0 saturated carbocycles. The first-order chi connectivity index (χ1) is 5.69. The van der Waals surface area contributed by atoms with Crippen molar-refractivity contribution in [1.82, 2.24) is 9.78 Å². The number of allylic oxidation sites excluding steroid dienone is 1. The molecule has 0 fully saturated rings. The molecular weight excluding hydrogens is 152 g/mol. The SMILES string of the molecule is C=CC(C)n1cc(C)c(C=O)n1. The third-order valence-electron chi connectivity index (χ3n) is 1.82. The molecule has 1 rings (SSSR count). The van der Waals surface area contributed by atoms with E-state index in [0.717, 1.165) is 11.8 Å². The first-order valence-electron chi connectivity index (χ1n) is 3.82. The number of aldehydes is 1. The van der Waals surface area contributed by atoms with E-state index in [0.29, 0.717) is 5.69 Å². The van der Waals surface area contributed by atoms with Crippen LogP contribution in [0.3, 0.4) is 0 Å². The van der Waals surface area contributed by atoms with Crippen molar-refractivity contribution in [2.75, 3.05) is 0 Å². The Morgan fingerprint density at radius 3 is 2.83 bits per heavy atom. The molecule has 3 heteroatoms. The van der Waals surface area contributed by atoms with Crippen LogP contribution >= 0.6 is 0 Å². The second-order valence-corrected chi connectivity index (χ2v) is 2.77. The molecule has 64 valence electrons. The molecule has 0 aliphatic carbocycles. The molecular formula is C9H12N2O. The summed E-state index contributed by atoms with van der Waals surface area (Å²) in [6.45, 7) is 7.48. The minimum atomic E-state index is 0.136. The maximum atomic E-state index is 10.4. The van der Waals surface area contributed by atoms with Gasteiger partial charge in [0, 0.05) is 6.20 Å². The van der Waals surface area contributed by atoms with Crippen LogP contribution in [0.5, 0.6) is 0 Å². The summed E-state index contributed by atoms with van der Waals surface area (Å²) in [7, 11) is 0. The standard InChI is InChI=1S/C9H12N2O/c1-4-8(3)11-5-7(2)9(6-12)10-11/h4-6,8H,1H2,2-3H3. The van der Waals surface area contributed by atoms with Gasteiger partial charge in [0.1, 0.15) is 5.69 Å². The van der Waals surface area contributed by atoms with E-state index in [1.165, 1.54) is 0 Å². The van der Waals surface area contributed by atoms with Crippen molar-refractivity contribution in [1.29, 1.82) is 0 Å². The van der Waals surface area contributed by atoms with Gasteiger partial charge >= 0.3 is 0 Å². The van der Waals surface area contributed by atoms with Crippen LogP contribution in [0.15, 0.2) is 18.9 Å². The fraction of sp³-hybridized carbons (Fsp3) is 0.333. The van der Waals surface area contributed by atoms with Gasteiger partial charge in [0.2, 0.25) is 0 Å². The van der Waals surface area contributed by atoms with Gasteiger partial charge in [0.25, 0.3) is 0 Å². The van der Waals surface area contributed by atoms with Crippen molar-refractivity contribution in [2.45, 2.75) is 19.9 Å².